The molecule has 8 nitrogen and oxygen atoms in total. The Kier molecular flexibility index (Phi) is 3.96. The zero-order valence-electron chi connectivity index (χ0n) is 11.9. The summed E-state index contributed by atoms with van der Waals surface area (Å²) in [6.45, 7) is 1.24. The maximum atomic E-state index is 12.0. The number of carbonyl (C=O) groups excluding carboxylic acids is 1. The maximum absolute atomic E-state index is 12.0. The fraction of sp³-hybridized carbons (Fsp3) is 0.538. The van der Waals surface area contributed by atoms with E-state index in [4.69, 9.17) is 4.74 Å². The van der Waals surface area contributed by atoms with Gasteiger partial charge in [0.25, 0.3) is 5.91 Å². The van der Waals surface area contributed by atoms with Gasteiger partial charge in [-0.3, -0.25) is 4.79 Å². The number of rotatable bonds is 4. The molecule has 0 saturated heterocycles. The lowest BCUT2D eigenvalue weighted by atomic mass is 10.1. The molecule has 8 heteroatoms. The summed E-state index contributed by atoms with van der Waals surface area (Å²) in [5.74, 6) is 1.97. The number of aromatic nitrogens is 5. The van der Waals surface area contributed by atoms with Crippen LogP contribution in [0.1, 0.15) is 35.1 Å². The van der Waals surface area contributed by atoms with Gasteiger partial charge in [-0.15, -0.1) is 10.2 Å². The molecule has 1 unspecified atom stereocenters. The number of ether oxygens (including phenoxy) is 1. The van der Waals surface area contributed by atoms with E-state index in [1.807, 2.05) is 0 Å². The predicted molar refractivity (Wildman–Crippen MR) is 73.5 cm³/mol. The quantitative estimate of drug-likeness (QED) is 0.843. The van der Waals surface area contributed by atoms with Crippen molar-refractivity contribution in [1.29, 1.82) is 0 Å². The molecule has 1 aliphatic heterocycles. The second kappa shape index (κ2) is 6.04. The number of fused-ring (bicyclic) bond motifs is 1. The third-order valence-electron chi connectivity index (χ3n) is 3.64. The topological polar surface area (TPSA) is 97.7 Å². The van der Waals surface area contributed by atoms with E-state index in [1.165, 1.54) is 0 Å². The van der Waals surface area contributed by atoms with Crippen molar-refractivity contribution in [3.05, 3.63) is 29.9 Å². The number of amides is 1. The van der Waals surface area contributed by atoms with Crippen LogP contribution < -0.4 is 5.32 Å². The van der Waals surface area contributed by atoms with Crippen LogP contribution in [-0.2, 0) is 24.3 Å². The molecule has 2 N–H and O–H groups in total. The van der Waals surface area contributed by atoms with E-state index in [2.05, 4.69) is 30.0 Å². The van der Waals surface area contributed by atoms with Crippen LogP contribution in [0.3, 0.4) is 0 Å². The average molecular weight is 290 g/mol. The highest BCUT2D eigenvalue weighted by Crippen LogP contribution is 2.16. The Bertz CT molecular complexity index is 606. The molecular weight excluding hydrogens is 272 g/mol. The molecule has 0 aromatic carbocycles. The van der Waals surface area contributed by atoms with E-state index in [9.17, 15) is 4.79 Å². The lowest BCUT2D eigenvalue weighted by molar-refractivity contribution is 0.0923. The Morgan fingerprint density at radius 2 is 2.43 bits per heavy atom. The molecule has 112 valence electrons. The van der Waals surface area contributed by atoms with Gasteiger partial charge in [0.1, 0.15) is 12.4 Å². The predicted octanol–water partition coefficient (Wildman–Crippen LogP) is 0.283. The molecule has 1 atom stereocenters. The molecule has 21 heavy (non-hydrogen) atoms. The minimum absolute atomic E-state index is 0.111. The second-order valence-corrected chi connectivity index (χ2v) is 5.05. The van der Waals surface area contributed by atoms with E-state index < -0.39 is 0 Å². The summed E-state index contributed by atoms with van der Waals surface area (Å²) >= 11 is 0. The summed E-state index contributed by atoms with van der Waals surface area (Å²) in [5, 5.41) is 11.4. The smallest absolute Gasteiger partial charge is 0.287 e. The maximum Gasteiger partial charge on any atom is 0.287 e. The lowest BCUT2D eigenvalue weighted by Gasteiger charge is -2.15. The Morgan fingerprint density at radius 3 is 3.19 bits per heavy atom. The van der Waals surface area contributed by atoms with Crippen molar-refractivity contribution in [3.8, 4) is 0 Å². The van der Waals surface area contributed by atoms with E-state index in [-0.39, 0.29) is 11.9 Å². The van der Waals surface area contributed by atoms with Crippen LogP contribution in [0.25, 0.3) is 0 Å². The standard InChI is InChI=1S/C13H18N6O2/c1-21-8-11-18-17-10-3-2-9(4-7-19(10)11)16-13(20)12-14-5-6-15-12/h5-6,9H,2-4,7-8H2,1H3,(H,14,15)(H,16,20). The fourth-order valence-electron chi connectivity index (χ4n) is 2.57. The van der Waals surface area contributed by atoms with Gasteiger partial charge in [0.05, 0.1) is 0 Å². The Morgan fingerprint density at radius 1 is 1.52 bits per heavy atom. The number of methoxy groups -OCH3 is 1. The van der Waals surface area contributed by atoms with Gasteiger partial charge < -0.3 is 19.6 Å². The molecule has 2 aromatic rings. The number of carbonyl (C=O) groups is 1. The van der Waals surface area contributed by atoms with E-state index in [1.54, 1.807) is 19.5 Å². The number of imidazole rings is 1. The zero-order valence-corrected chi connectivity index (χ0v) is 11.9. The summed E-state index contributed by atoms with van der Waals surface area (Å²) < 4.78 is 7.21. The highest BCUT2D eigenvalue weighted by molar-refractivity contribution is 5.90. The molecule has 3 heterocycles. The van der Waals surface area contributed by atoms with Crippen LogP contribution in [0.15, 0.2) is 12.4 Å². The monoisotopic (exact) mass is 290 g/mol. The van der Waals surface area contributed by atoms with Crippen LogP contribution >= 0.6 is 0 Å². The first-order valence-electron chi connectivity index (χ1n) is 6.98. The van der Waals surface area contributed by atoms with Gasteiger partial charge in [0.2, 0.25) is 0 Å². The minimum Gasteiger partial charge on any atom is -0.377 e. The van der Waals surface area contributed by atoms with Gasteiger partial charge in [-0.1, -0.05) is 0 Å². The summed E-state index contributed by atoms with van der Waals surface area (Å²) in [5.41, 5.74) is 0. The van der Waals surface area contributed by atoms with E-state index >= 15 is 0 Å². The number of nitrogens with zero attached hydrogens (tertiary/aromatic N) is 4. The van der Waals surface area contributed by atoms with Crippen molar-refractivity contribution in [2.24, 2.45) is 0 Å². The van der Waals surface area contributed by atoms with E-state index in [0.29, 0.717) is 12.4 Å². The van der Waals surface area contributed by atoms with Crippen LogP contribution in [0.4, 0.5) is 0 Å². The number of hydrogen-bond acceptors (Lipinski definition) is 5. The molecule has 0 fully saturated rings. The van der Waals surface area contributed by atoms with Crippen molar-refractivity contribution in [1.82, 2.24) is 30.0 Å². The zero-order chi connectivity index (χ0) is 14.7. The summed E-state index contributed by atoms with van der Waals surface area (Å²) in [7, 11) is 1.64. The number of aromatic amines is 1. The molecule has 0 radical (unpaired) electrons. The molecule has 0 spiro atoms. The number of nitrogens with one attached hydrogen (secondary N) is 2. The van der Waals surface area contributed by atoms with Gasteiger partial charge in [0, 0.05) is 38.5 Å². The van der Waals surface area contributed by atoms with Gasteiger partial charge in [0.15, 0.2) is 11.6 Å². The molecule has 1 aliphatic rings. The van der Waals surface area contributed by atoms with Crippen molar-refractivity contribution in [2.75, 3.05) is 7.11 Å². The van der Waals surface area contributed by atoms with Crippen molar-refractivity contribution in [2.45, 2.75) is 38.5 Å². The molecule has 0 bridgehead atoms. The SMILES string of the molecule is COCc1nnc2n1CCC(NC(=O)c1ncc[nH]1)CC2. The minimum atomic E-state index is -0.167. The molecule has 0 saturated carbocycles. The fourth-order valence-corrected chi connectivity index (χ4v) is 2.57. The first kappa shape index (κ1) is 13.7. The largest absolute Gasteiger partial charge is 0.377 e. The van der Waals surface area contributed by atoms with E-state index in [0.717, 1.165) is 37.5 Å². The van der Waals surface area contributed by atoms with Gasteiger partial charge in [-0.05, 0) is 12.8 Å². The van der Waals surface area contributed by atoms with Crippen LogP contribution in [0, 0.1) is 0 Å². The lowest BCUT2D eigenvalue weighted by Crippen LogP contribution is -2.35. The number of hydrogen-bond donors (Lipinski definition) is 2. The van der Waals surface area contributed by atoms with Crippen molar-refractivity contribution in [3.63, 3.8) is 0 Å². The van der Waals surface area contributed by atoms with Crippen LogP contribution in [0.5, 0.6) is 0 Å². The van der Waals surface area contributed by atoms with Crippen molar-refractivity contribution < 1.29 is 9.53 Å². The molecule has 0 aliphatic carbocycles. The Balaban J connectivity index is 1.63. The highest BCUT2D eigenvalue weighted by Gasteiger charge is 2.22. The van der Waals surface area contributed by atoms with Gasteiger partial charge in [-0.25, -0.2) is 4.98 Å². The number of H-pyrrole nitrogens is 1. The normalized spacial score (nSPS) is 18.0. The van der Waals surface area contributed by atoms with Gasteiger partial charge in [-0.2, -0.15) is 0 Å². The third kappa shape index (κ3) is 2.94. The average Bonchev–Trinajstić information content (AvgIpc) is 3.09. The molecule has 2 aromatic heterocycles. The Labute approximate surface area is 121 Å². The second-order valence-electron chi connectivity index (χ2n) is 5.05. The number of aryl methyl sites for hydroxylation is 1. The van der Waals surface area contributed by atoms with Crippen LogP contribution in [-0.4, -0.2) is 43.8 Å². The molecule has 3 rings (SSSR count). The molecular formula is C13H18N6O2. The van der Waals surface area contributed by atoms with Crippen LogP contribution in [0.2, 0.25) is 0 Å². The third-order valence-corrected chi connectivity index (χ3v) is 3.64. The molecule has 1 amide bonds. The van der Waals surface area contributed by atoms with Crippen molar-refractivity contribution >= 4 is 5.91 Å². The Hall–Kier alpha value is -2.22. The summed E-state index contributed by atoms with van der Waals surface area (Å²) in [6.07, 6.45) is 5.69. The first-order chi connectivity index (χ1) is 10.3. The van der Waals surface area contributed by atoms with Gasteiger partial charge >= 0.3 is 0 Å². The summed E-state index contributed by atoms with van der Waals surface area (Å²) in [6, 6.07) is 0.111. The highest BCUT2D eigenvalue weighted by atomic mass is 16.5. The first-order valence-corrected chi connectivity index (χ1v) is 6.98. The summed E-state index contributed by atoms with van der Waals surface area (Å²) in [4.78, 5) is 18.8.